The normalized spacial score (nSPS) is 26.0. The average molecular weight is 646 g/mol. The Kier molecular flexibility index (Phi) is 9.37. The lowest BCUT2D eigenvalue weighted by Crippen LogP contribution is -2.54. The fourth-order valence-corrected chi connectivity index (χ4v) is 9.09. The number of nitrogens with zero attached hydrogens (tertiary/aromatic N) is 2. The molecule has 3 aromatic carbocycles. The van der Waals surface area contributed by atoms with Gasteiger partial charge in [0, 0.05) is 28.3 Å². The van der Waals surface area contributed by atoms with Crippen LogP contribution in [0.5, 0.6) is 0 Å². The molecule has 0 N–H and O–H groups in total. The second-order valence-electron chi connectivity index (χ2n) is 10.4. The summed E-state index contributed by atoms with van der Waals surface area (Å²) in [5.74, 6) is -0.177. The van der Waals surface area contributed by atoms with E-state index in [1.807, 2.05) is 59.3 Å². The van der Waals surface area contributed by atoms with Crippen LogP contribution < -0.4 is 0 Å². The number of carbonyl (C=O) groups is 1. The molecular weight excluding hydrogens is 614 g/mol. The van der Waals surface area contributed by atoms with E-state index in [1.165, 1.54) is 12.1 Å². The predicted octanol–water partition coefficient (Wildman–Crippen LogP) is 7.04. The van der Waals surface area contributed by atoms with E-state index in [0.29, 0.717) is 33.7 Å². The Morgan fingerprint density at radius 1 is 1.09 bits per heavy atom. The zero-order valence-corrected chi connectivity index (χ0v) is 25.7. The standard InChI is InChI=1S/C32H31Cl2FN2O5S/c1-2-39-29(38)17-40-27-18-43(23-11-12-24(33)25(34)14-23)28-16-41-32(20-7-4-3-5-8-20)42-31(28)30(27)37-15-26(36-19-37)21-9-6-10-22(35)13-21/h3-15,19,27-28,30-32,43H,2,16-18H2,1H3/t27-,28+,30-,31-,32?/m0/s1. The van der Waals surface area contributed by atoms with Gasteiger partial charge in [0.25, 0.3) is 0 Å². The topological polar surface area (TPSA) is 71.8 Å². The van der Waals surface area contributed by atoms with Crippen molar-refractivity contribution < 1.29 is 28.1 Å². The molecule has 0 radical (unpaired) electrons. The summed E-state index contributed by atoms with van der Waals surface area (Å²) in [7, 11) is -0.931. The molecule has 2 aliphatic heterocycles. The van der Waals surface area contributed by atoms with Gasteiger partial charge in [0.2, 0.25) is 0 Å². The zero-order valence-electron chi connectivity index (χ0n) is 23.3. The Labute approximate surface area is 262 Å². The van der Waals surface area contributed by atoms with Gasteiger partial charge in [0.1, 0.15) is 12.4 Å². The third-order valence-electron chi connectivity index (χ3n) is 7.67. The van der Waals surface area contributed by atoms with Gasteiger partial charge in [0.05, 0.1) is 53.5 Å². The molecule has 43 heavy (non-hydrogen) atoms. The second-order valence-corrected chi connectivity index (χ2v) is 13.7. The number of halogens is 3. The molecule has 4 aromatic rings. The number of ether oxygens (including phenoxy) is 4. The van der Waals surface area contributed by atoms with Crippen molar-refractivity contribution in [3.63, 3.8) is 0 Å². The van der Waals surface area contributed by atoms with Crippen LogP contribution in [0.2, 0.25) is 10.0 Å². The monoisotopic (exact) mass is 644 g/mol. The summed E-state index contributed by atoms with van der Waals surface area (Å²) in [6.07, 6.45) is 2.17. The first-order valence-corrected chi connectivity index (χ1v) is 16.4. The van der Waals surface area contributed by atoms with Gasteiger partial charge in [-0.25, -0.2) is 25.1 Å². The molecular formula is C32H31Cl2FN2O5S. The van der Waals surface area contributed by atoms with E-state index in [-0.39, 0.29) is 36.4 Å². The van der Waals surface area contributed by atoms with E-state index >= 15 is 0 Å². The number of fused-ring (bicyclic) bond motifs is 1. The Bertz CT molecular complexity index is 1570. The lowest BCUT2D eigenvalue weighted by molar-refractivity contribution is -0.233. The van der Waals surface area contributed by atoms with E-state index in [2.05, 4.69) is 4.98 Å². The minimum absolute atomic E-state index is 0.0281. The van der Waals surface area contributed by atoms with Crippen LogP contribution in [0.3, 0.4) is 0 Å². The molecule has 0 aliphatic carbocycles. The highest BCUT2D eigenvalue weighted by Crippen LogP contribution is 2.55. The molecule has 6 atom stereocenters. The number of carbonyl (C=O) groups excluding carboxylic acids is 1. The molecule has 0 spiro atoms. The summed E-state index contributed by atoms with van der Waals surface area (Å²) in [6, 6.07) is 21.4. The van der Waals surface area contributed by atoms with Crippen LogP contribution in [0, 0.1) is 5.82 Å². The summed E-state index contributed by atoms with van der Waals surface area (Å²) >= 11 is 12.7. The molecule has 2 saturated heterocycles. The first-order valence-electron chi connectivity index (χ1n) is 14.0. The molecule has 2 unspecified atom stereocenters. The van der Waals surface area contributed by atoms with Gasteiger partial charge in [-0.3, -0.25) is 0 Å². The first-order chi connectivity index (χ1) is 20.9. The third kappa shape index (κ3) is 6.62. The number of thiol groups is 1. The summed E-state index contributed by atoms with van der Waals surface area (Å²) in [6.45, 7) is 2.26. The number of aromatic nitrogens is 2. The predicted molar refractivity (Wildman–Crippen MR) is 165 cm³/mol. The van der Waals surface area contributed by atoms with Gasteiger partial charge in [-0.1, -0.05) is 65.7 Å². The van der Waals surface area contributed by atoms with E-state index in [4.69, 9.17) is 42.1 Å². The smallest absolute Gasteiger partial charge is 0.332 e. The van der Waals surface area contributed by atoms with Crippen LogP contribution in [0.1, 0.15) is 24.8 Å². The van der Waals surface area contributed by atoms with Crippen molar-refractivity contribution in [2.75, 3.05) is 25.6 Å². The van der Waals surface area contributed by atoms with Crippen molar-refractivity contribution in [3.05, 3.63) is 107 Å². The maximum atomic E-state index is 14.1. The highest BCUT2D eigenvalue weighted by molar-refractivity contribution is 8.17. The van der Waals surface area contributed by atoms with E-state index < -0.39 is 29.3 Å². The van der Waals surface area contributed by atoms with E-state index in [9.17, 15) is 9.18 Å². The van der Waals surface area contributed by atoms with Crippen LogP contribution in [-0.4, -0.2) is 58.6 Å². The highest BCUT2D eigenvalue weighted by Gasteiger charge is 2.50. The van der Waals surface area contributed by atoms with Crippen LogP contribution >= 0.6 is 34.1 Å². The maximum Gasteiger partial charge on any atom is 0.332 e. The molecule has 1 aromatic heterocycles. The van der Waals surface area contributed by atoms with Gasteiger partial charge in [0.15, 0.2) is 6.29 Å². The van der Waals surface area contributed by atoms with Gasteiger partial charge in [-0.2, -0.15) is 0 Å². The molecule has 6 rings (SSSR count). The average Bonchev–Trinajstić information content (AvgIpc) is 3.51. The number of hydrogen-bond acceptors (Lipinski definition) is 6. The van der Waals surface area contributed by atoms with Crippen LogP contribution in [-0.2, 0) is 23.7 Å². The minimum atomic E-state index is -0.931. The number of rotatable bonds is 8. The van der Waals surface area contributed by atoms with Gasteiger partial charge >= 0.3 is 5.97 Å². The molecule has 7 nitrogen and oxygen atoms in total. The van der Waals surface area contributed by atoms with Crippen molar-refractivity contribution >= 4 is 40.1 Å². The molecule has 0 amide bonds. The van der Waals surface area contributed by atoms with Crippen molar-refractivity contribution in [1.29, 1.82) is 0 Å². The molecule has 0 saturated carbocycles. The summed E-state index contributed by atoms with van der Waals surface area (Å²) < 4.78 is 40.7. The Morgan fingerprint density at radius 3 is 2.70 bits per heavy atom. The summed E-state index contributed by atoms with van der Waals surface area (Å²) in [4.78, 5) is 18.1. The second kappa shape index (κ2) is 13.4. The van der Waals surface area contributed by atoms with E-state index in [1.54, 1.807) is 25.4 Å². The maximum absolute atomic E-state index is 14.1. The fraction of sp³-hybridized carbons (Fsp3) is 0.312. The lowest BCUT2D eigenvalue weighted by Gasteiger charge is -2.52. The third-order valence-corrected chi connectivity index (χ3v) is 11.3. The number of hydrogen-bond donors (Lipinski definition) is 1. The quantitative estimate of drug-likeness (QED) is 0.164. The van der Waals surface area contributed by atoms with Crippen molar-refractivity contribution in [3.8, 4) is 11.3 Å². The Balaban J connectivity index is 1.41. The largest absolute Gasteiger partial charge is 0.464 e. The number of esters is 1. The van der Waals surface area contributed by atoms with Gasteiger partial charge in [-0.05, 0) is 42.2 Å². The van der Waals surface area contributed by atoms with Crippen molar-refractivity contribution in [2.24, 2.45) is 0 Å². The lowest BCUT2D eigenvalue weighted by atomic mass is 10.00. The summed E-state index contributed by atoms with van der Waals surface area (Å²) in [5, 5.41) is 0.920. The Hall–Kier alpha value is -2.92. The van der Waals surface area contributed by atoms with Crippen LogP contribution in [0.4, 0.5) is 4.39 Å². The van der Waals surface area contributed by atoms with E-state index in [0.717, 1.165) is 10.5 Å². The van der Waals surface area contributed by atoms with Gasteiger partial charge in [-0.15, -0.1) is 0 Å². The van der Waals surface area contributed by atoms with Crippen molar-refractivity contribution in [2.45, 2.75) is 41.6 Å². The minimum Gasteiger partial charge on any atom is -0.464 e. The molecule has 226 valence electrons. The molecule has 3 heterocycles. The van der Waals surface area contributed by atoms with Crippen molar-refractivity contribution in [1.82, 2.24) is 9.55 Å². The van der Waals surface area contributed by atoms with Gasteiger partial charge < -0.3 is 23.5 Å². The SMILES string of the molecule is CCOC(=O)CO[C@H]1C[SH](c2ccc(Cl)c(Cl)c2)[C@@H]2COC(c3ccccc3)O[C@@H]2[C@H]1n1cnc(-c2cccc(F)c2)c1. The Morgan fingerprint density at radius 2 is 1.93 bits per heavy atom. The first kappa shape index (κ1) is 30.1. The molecule has 2 aliphatic rings. The molecule has 0 bridgehead atoms. The molecule has 11 heteroatoms. The van der Waals surface area contributed by atoms with Crippen LogP contribution in [0.25, 0.3) is 11.3 Å². The molecule has 2 fully saturated rings. The number of benzene rings is 3. The zero-order chi connectivity index (χ0) is 29.9. The fourth-order valence-electron chi connectivity index (χ4n) is 5.71. The van der Waals surface area contributed by atoms with Crippen LogP contribution in [0.15, 0.2) is 90.2 Å². The number of imidazole rings is 1. The summed E-state index contributed by atoms with van der Waals surface area (Å²) in [5.41, 5.74) is 2.17. The highest BCUT2D eigenvalue weighted by atomic mass is 35.5.